The van der Waals surface area contributed by atoms with Crippen molar-refractivity contribution in [1.29, 1.82) is 0 Å². The van der Waals surface area contributed by atoms with E-state index >= 15 is 0 Å². The summed E-state index contributed by atoms with van der Waals surface area (Å²) in [5.41, 5.74) is 7.06. The number of ether oxygens (including phenoxy) is 2. The minimum Gasteiger partial charge on any atom is -0.485 e. The topological polar surface area (TPSA) is 44.5 Å². The molecule has 0 unspecified atom stereocenters. The monoisotopic (exact) mass is 225 g/mol. The van der Waals surface area contributed by atoms with Gasteiger partial charge >= 0.3 is 0 Å². The normalized spacial score (nSPS) is 18.0. The highest BCUT2D eigenvalue weighted by molar-refractivity contribution is 5.40. The van der Waals surface area contributed by atoms with E-state index in [2.05, 4.69) is 0 Å². The van der Waals surface area contributed by atoms with E-state index in [1.807, 2.05) is 6.92 Å². The maximum absolute atomic E-state index is 13.4. The van der Waals surface area contributed by atoms with Gasteiger partial charge in [-0.25, -0.2) is 4.39 Å². The summed E-state index contributed by atoms with van der Waals surface area (Å²) in [7, 11) is 0. The molecule has 1 aliphatic rings. The molecule has 1 heterocycles. The Hall–Kier alpha value is -1.13. The van der Waals surface area contributed by atoms with Gasteiger partial charge in [0.15, 0.2) is 0 Å². The highest BCUT2D eigenvalue weighted by atomic mass is 19.1. The SMILES string of the molecule is Cc1cc(OC2COC2)c([C@H](C)N)cc1F. The van der Waals surface area contributed by atoms with Crippen LogP contribution in [0.5, 0.6) is 5.75 Å². The minimum absolute atomic E-state index is 0.0716. The van der Waals surface area contributed by atoms with Gasteiger partial charge in [0.25, 0.3) is 0 Å². The molecule has 0 saturated carbocycles. The molecular weight excluding hydrogens is 209 g/mol. The van der Waals surface area contributed by atoms with Crippen molar-refractivity contribution < 1.29 is 13.9 Å². The van der Waals surface area contributed by atoms with Gasteiger partial charge in [-0.2, -0.15) is 0 Å². The molecule has 1 fully saturated rings. The fourth-order valence-electron chi connectivity index (χ4n) is 1.59. The Balaban J connectivity index is 2.28. The van der Waals surface area contributed by atoms with E-state index in [-0.39, 0.29) is 18.0 Å². The Morgan fingerprint density at radius 1 is 1.50 bits per heavy atom. The van der Waals surface area contributed by atoms with Crippen LogP contribution in [0.1, 0.15) is 24.1 Å². The van der Waals surface area contributed by atoms with Crippen molar-refractivity contribution in [2.24, 2.45) is 5.73 Å². The summed E-state index contributed by atoms with van der Waals surface area (Å²) in [5.74, 6) is 0.423. The molecule has 1 saturated heterocycles. The summed E-state index contributed by atoms with van der Waals surface area (Å²) in [5, 5.41) is 0. The van der Waals surface area contributed by atoms with Crippen LogP contribution in [-0.2, 0) is 4.74 Å². The Morgan fingerprint density at radius 2 is 2.19 bits per heavy atom. The fourth-order valence-corrected chi connectivity index (χ4v) is 1.59. The molecule has 2 N–H and O–H groups in total. The minimum atomic E-state index is -0.246. The second-order valence-corrected chi connectivity index (χ2v) is 4.21. The number of halogens is 1. The molecule has 88 valence electrons. The first kappa shape index (κ1) is 11.4. The van der Waals surface area contributed by atoms with Crippen LogP contribution < -0.4 is 10.5 Å². The first-order valence-electron chi connectivity index (χ1n) is 5.38. The Morgan fingerprint density at radius 3 is 2.69 bits per heavy atom. The third-order valence-electron chi connectivity index (χ3n) is 2.68. The molecule has 3 nitrogen and oxygen atoms in total. The van der Waals surface area contributed by atoms with E-state index in [1.165, 1.54) is 6.07 Å². The number of benzene rings is 1. The highest BCUT2D eigenvalue weighted by Gasteiger charge is 2.22. The van der Waals surface area contributed by atoms with Crippen molar-refractivity contribution in [2.45, 2.75) is 26.0 Å². The summed E-state index contributed by atoms with van der Waals surface area (Å²) in [6.07, 6.45) is 0.0716. The summed E-state index contributed by atoms with van der Waals surface area (Å²) in [4.78, 5) is 0. The molecule has 0 amide bonds. The summed E-state index contributed by atoms with van der Waals surface area (Å²) < 4.78 is 24.2. The third kappa shape index (κ3) is 2.18. The second-order valence-electron chi connectivity index (χ2n) is 4.21. The summed E-state index contributed by atoms with van der Waals surface area (Å²) in [6.45, 7) is 4.71. The predicted octanol–water partition coefficient (Wildman–Crippen LogP) is 1.93. The molecule has 0 bridgehead atoms. The van der Waals surface area contributed by atoms with E-state index in [4.69, 9.17) is 15.2 Å². The van der Waals surface area contributed by atoms with Gasteiger partial charge in [-0.15, -0.1) is 0 Å². The van der Waals surface area contributed by atoms with E-state index in [0.717, 1.165) is 0 Å². The zero-order chi connectivity index (χ0) is 11.7. The van der Waals surface area contributed by atoms with E-state index in [1.54, 1.807) is 13.0 Å². The molecule has 0 radical (unpaired) electrons. The molecule has 16 heavy (non-hydrogen) atoms. The third-order valence-corrected chi connectivity index (χ3v) is 2.68. The molecule has 0 aliphatic carbocycles. The molecule has 1 aromatic carbocycles. The van der Waals surface area contributed by atoms with Crippen molar-refractivity contribution in [2.75, 3.05) is 13.2 Å². The largest absolute Gasteiger partial charge is 0.485 e. The van der Waals surface area contributed by atoms with Crippen molar-refractivity contribution in [3.63, 3.8) is 0 Å². The summed E-state index contributed by atoms with van der Waals surface area (Å²) in [6, 6.07) is 2.91. The molecule has 1 atom stereocenters. The number of hydrogen-bond donors (Lipinski definition) is 1. The van der Waals surface area contributed by atoms with Crippen molar-refractivity contribution in [3.8, 4) is 5.75 Å². The van der Waals surface area contributed by atoms with Crippen LogP contribution in [0.15, 0.2) is 12.1 Å². The number of hydrogen-bond acceptors (Lipinski definition) is 3. The zero-order valence-electron chi connectivity index (χ0n) is 9.50. The molecule has 2 rings (SSSR count). The van der Waals surface area contributed by atoms with E-state index in [9.17, 15) is 4.39 Å². The molecule has 1 aromatic rings. The van der Waals surface area contributed by atoms with Gasteiger partial charge in [-0.05, 0) is 31.5 Å². The van der Waals surface area contributed by atoms with Crippen molar-refractivity contribution >= 4 is 0 Å². The summed E-state index contributed by atoms with van der Waals surface area (Å²) >= 11 is 0. The molecule has 4 heteroatoms. The van der Waals surface area contributed by atoms with Gasteiger partial charge in [0.2, 0.25) is 0 Å². The second kappa shape index (κ2) is 4.39. The highest BCUT2D eigenvalue weighted by Crippen LogP contribution is 2.28. The number of rotatable bonds is 3. The van der Waals surface area contributed by atoms with Crippen LogP contribution in [0.4, 0.5) is 4.39 Å². The first-order chi connectivity index (χ1) is 7.58. The predicted molar refractivity (Wildman–Crippen MR) is 59.0 cm³/mol. The van der Waals surface area contributed by atoms with Crippen LogP contribution in [0.25, 0.3) is 0 Å². The maximum atomic E-state index is 13.4. The lowest BCUT2D eigenvalue weighted by atomic mass is 10.0. The molecule has 0 spiro atoms. The van der Waals surface area contributed by atoms with Crippen molar-refractivity contribution in [3.05, 3.63) is 29.1 Å². The Bertz CT molecular complexity index is 389. The lowest BCUT2D eigenvalue weighted by Gasteiger charge is -2.28. The average molecular weight is 225 g/mol. The van der Waals surface area contributed by atoms with E-state index < -0.39 is 0 Å². The average Bonchev–Trinajstić information content (AvgIpc) is 2.16. The van der Waals surface area contributed by atoms with Crippen LogP contribution in [0, 0.1) is 12.7 Å². The molecule has 1 aliphatic heterocycles. The maximum Gasteiger partial charge on any atom is 0.145 e. The standard InChI is InChI=1S/C12H16FNO2/c1-7-3-12(16-9-5-15-6-9)10(8(2)14)4-11(7)13/h3-4,8-9H,5-6,14H2,1-2H3/t8-/m0/s1. The van der Waals surface area contributed by atoms with Crippen LogP contribution >= 0.6 is 0 Å². The van der Waals surface area contributed by atoms with Gasteiger partial charge in [-0.1, -0.05) is 0 Å². The lowest BCUT2D eigenvalue weighted by Crippen LogP contribution is -2.39. The van der Waals surface area contributed by atoms with Crippen molar-refractivity contribution in [1.82, 2.24) is 0 Å². The van der Waals surface area contributed by atoms with Gasteiger partial charge in [0.05, 0.1) is 13.2 Å². The molecular formula is C12H16FNO2. The van der Waals surface area contributed by atoms with Gasteiger partial charge in [0, 0.05) is 11.6 Å². The van der Waals surface area contributed by atoms with Crippen LogP contribution in [0.3, 0.4) is 0 Å². The van der Waals surface area contributed by atoms with Crippen LogP contribution in [-0.4, -0.2) is 19.3 Å². The fraction of sp³-hybridized carbons (Fsp3) is 0.500. The zero-order valence-corrected chi connectivity index (χ0v) is 9.50. The number of aryl methyl sites for hydroxylation is 1. The van der Waals surface area contributed by atoms with Gasteiger partial charge in [-0.3, -0.25) is 0 Å². The smallest absolute Gasteiger partial charge is 0.145 e. The molecule has 0 aromatic heterocycles. The van der Waals surface area contributed by atoms with Gasteiger partial charge < -0.3 is 15.2 Å². The van der Waals surface area contributed by atoms with Crippen LogP contribution in [0.2, 0.25) is 0 Å². The van der Waals surface area contributed by atoms with Gasteiger partial charge in [0.1, 0.15) is 17.7 Å². The Labute approximate surface area is 94.3 Å². The first-order valence-corrected chi connectivity index (χ1v) is 5.38. The van der Waals surface area contributed by atoms with E-state index in [0.29, 0.717) is 30.1 Å². The number of nitrogens with two attached hydrogens (primary N) is 1. The quantitative estimate of drug-likeness (QED) is 0.854. The Kier molecular flexibility index (Phi) is 3.12. The lowest BCUT2D eigenvalue weighted by molar-refractivity contribution is -0.0801.